The minimum absolute atomic E-state index is 0.194. The number of likely N-dealkylation sites (N-methyl/N-ethyl adjacent to an activating group) is 1. The summed E-state index contributed by atoms with van der Waals surface area (Å²) < 4.78 is 17.8. The van der Waals surface area contributed by atoms with Crippen LogP contribution < -0.4 is 5.32 Å². The van der Waals surface area contributed by atoms with Gasteiger partial charge < -0.3 is 10.1 Å². The smallest absolute Gasteiger partial charge is 0.339 e. The largest absolute Gasteiger partial charge is 0.465 e. The van der Waals surface area contributed by atoms with Gasteiger partial charge in [0.15, 0.2) is 0 Å². The monoisotopic (exact) mass is 424 g/mol. The van der Waals surface area contributed by atoms with Gasteiger partial charge in [0.25, 0.3) is 0 Å². The molecule has 1 amide bonds. The van der Waals surface area contributed by atoms with Gasteiger partial charge >= 0.3 is 5.97 Å². The van der Waals surface area contributed by atoms with Crippen LogP contribution in [-0.2, 0) is 16.0 Å². The molecule has 0 bridgehead atoms. The molecule has 0 aliphatic heterocycles. The summed E-state index contributed by atoms with van der Waals surface area (Å²) in [5.74, 6) is -0.983. The minimum Gasteiger partial charge on any atom is -0.465 e. The number of aromatic nitrogens is 2. The first kappa shape index (κ1) is 22.2. The molecule has 7 nitrogen and oxygen atoms in total. The summed E-state index contributed by atoms with van der Waals surface area (Å²) in [7, 11) is 3.17. The number of rotatable bonds is 9. The molecule has 0 unspecified atom stereocenters. The van der Waals surface area contributed by atoms with Gasteiger partial charge in [-0.15, -0.1) is 0 Å². The van der Waals surface area contributed by atoms with Gasteiger partial charge in [-0.2, -0.15) is 5.10 Å². The molecule has 1 heterocycles. The fourth-order valence-electron chi connectivity index (χ4n) is 3.19. The van der Waals surface area contributed by atoms with Crippen LogP contribution in [0.15, 0.2) is 54.6 Å². The highest BCUT2D eigenvalue weighted by Crippen LogP contribution is 2.19. The van der Waals surface area contributed by atoms with E-state index in [9.17, 15) is 14.0 Å². The predicted octanol–water partition coefficient (Wildman–Crippen LogP) is 3.51. The second-order valence-electron chi connectivity index (χ2n) is 7.21. The number of methoxy groups -OCH3 is 1. The van der Waals surface area contributed by atoms with Crippen LogP contribution in [0.25, 0.3) is 11.3 Å². The number of benzene rings is 2. The molecule has 31 heavy (non-hydrogen) atoms. The van der Waals surface area contributed by atoms with E-state index in [4.69, 9.17) is 4.74 Å². The quantitative estimate of drug-likeness (QED) is 0.514. The number of nitrogens with zero attached hydrogens (tertiary/aromatic N) is 2. The summed E-state index contributed by atoms with van der Waals surface area (Å²) in [6.45, 7) is 0.899. The average molecular weight is 424 g/mol. The Kier molecular flexibility index (Phi) is 7.50. The number of para-hydroxylation sites is 1. The van der Waals surface area contributed by atoms with Gasteiger partial charge in [-0.3, -0.25) is 14.8 Å². The third-order valence-corrected chi connectivity index (χ3v) is 4.78. The lowest BCUT2D eigenvalue weighted by molar-refractivity contribution is -0.117. The van der Waals surface area contributed by atoms with Crippen molar-refractivity contribution < 1.29 is 18.7 Å². The number of amides is 1. The number of hydrogen-bond donors (Lipinski definition) is 2. The van der Waals surface area contributed by atoms with Crippen LogP contribution in [0, 0.1) is 5.82 Å². The highest BCUT2D eigenvalue weighted by molar-refractivity contribution is 6.01. The number of anilines is 1. The van der Waals surface area contributed by atoms with E-state index >= 15 is 0 Å². The van der Waals surface area contributed by atoms with E-state index in [-0.39, 0.29) is 18.3 Å². The Labute approximate surface area is 180 Å². The molecule has 0 saturated heterocycles. The molecule has 0 spiro atoms. The Hall–Kier alpha value is -3.52. The summed E-state index contributed by atoms with van der Waals surface area (Å²) in [6, 6.07) is 14.9. The highest BCUT2D eigenvalue weighted by atomic mass is 19.1. The topological polar surface area (TPSA) is 87.3 Å². The Balaban J connectivity index is 1.45. The Morgan fingerprint density at radius 1 is 1.16 bits per heavy atom. The van der Waals surface area contributed by atoms with Crippen LogP contribution >= 0.6 is 0 Å². The highest BCUT2D eigenvalue weighted by Gasteiger charge is 2.14. The molecule has 8 heteroatoms. The lowest BCUT2D eigenvalue weighted by atomic mass is 10.1. The van der Waals surface area contributed by atoms with Crippen molar-refractivity contribution in [3.05, 3.63) is 71.7 Å². The van der Waals surface area contributed by atoms with Gasteiger partial charge in [-0.25, -0.2) is 9.18 Å². The van der Waals surface area contributed by atoms with E-state index in [0.717, 1.165) is 29.8 Å². The van der Waals surface area contributed by atoms with Gasteiger partial charge in [0.05, 0.1) is 30.6 Å². The van der Waals surface area contributed by atoms with Gasteiger partial charge in [-0.05, 0) is 68.9 Å². The molecule has 0 atom stereocenters. The van der Waals surface area contributed by atoms with Crippen LogP contribution in [-0.4, -0.2) is 54.2 Å². The maximum Gasteiger partial charge on any atom is 0.339 e. The van der Waals surface area contributed by atoms with Crippen molar-refractivity contribution >= 4 is 17.6 Å². The molecule has 1 aromatic heterocycles. The number of aromatic amines is 1. The molecule has 0 aliphatic rings. The maximum absolute atomic E-state index is 13.1. The molecule has 0 fully saturated rings. The van der Waals surface area contributed by atoms with E-state index in [1.54, 1.807) is 36.4 Å². The summed E-state index contributed by atoms with van der Waals surface area (Å²) in [6.07, 6.45) is 1.60. The SMILES string of the molecule is COC(=O)c1ccccc1NC(=O)CN(C)CCCc1cc(-c2ccc(F)cc2)n[nH]1. The van der Waals surface area contributed by atoms with Crippen molar-refractivity contribution in [3.8, 4) is 11.3 Å². The molecule has 0 radical (unpaired) electrons. The first-order valence-electron chi connectivity index (χ1n) is 9.92. The average Bonchev–Trinajstić information content (AvgIpc) is 3.23. The Morgan fingerprint density at radius 3 is 2.65 bits per heavy atom. The molecule has 0 aliphatic carbocycles. The molecule has 0 saturated carbocycles. The van der Waals surface area contributed by atoms with Crippen LogP contribution in [0.5, 0.6) is 0 Å². The standard InChI is InChI=1S/C23H25FN4O3/c1-28(15-22(29)25-20-8-4-3-7-19(20)23(30)31-2)13-5-6-18-14-21(27-26-18)16-9-11-17(24)12-10-16/h3-4,7-12,14H,5-6,13,15H2,1-2H3,(H,25,29)(H,26,27). The van der Waals surface area contributed by atoms with Crippen LogP contribution in [0.4, 0.5) is 10.1 Å². The molecular formula is C23H25FN4O3. The van der Waals surface area contributed by atoms with Gasteiger partial charge in [0, 0.05) is 11.3 Å². The fourth-order valence-corrected chi connectivity index (χ4v) is 3.19. The number of H-pyrrole nitrogens is 1. The number of hydrogen-bond acceptors (Lipinski definition) is 5. The number of carbonyl (C=O) groups is 2. The van der Waals surface area contributed by atoms with Gasteiger partial charge in [0.2, 0.25) is 5.91 Å². The predicted molar refractivity (Wildman–Crippen MR) is 116 cm³/mol. The van der Waals surface area contributed by atoms with Gasteiger partial charge in [-0.1, -0.05) is 12.1 Å². The van der Waals surface area contributed by atoms with Crippen molar-refractivity contribution in [3.63, 3.8) is 0 Å². The molecular weight excluding hydrogens is 399 g/mol. The molecule has 2 aromatic carbocycles. The second kappa shape index (κ2) is 10.5. The van der Waals surface area contributed by atoms with Crippen LogP contribution in [0.2, 0.25) is 0 Å². The lowest BCUT2D eigenvalue weighted by Gasteiger charge is -2.16. The first-order valence-corrected chi connectivity index (χ1v) is 9.92. The van der Waals surface area contributed by atoms with Crippen LogP contribution in [0.1, 0.15) is 22.5 Å². The number of halogens is 1. The molecule has 2 N–H and O–H groups in total. The maximum atomic E-state index is 13.1. The van der Waals surface area contributed by atoms with E-state index in [1.807, 2.05) is 18.0 Å². The number of carbonyl (C=O) groups excluding carboxylic acids is 2. The minimum atomic E-state index is -0.496. The first-order chi connectivity index (χ1) is 15.0. The number of ether oxygens (including phenoxy) is 1. The number of aryl methyl sites for hydroxylation is 1. The van der Waals surface area contributed by atoms with E-state index < -0.39 is 5.97 Å². The summed E-state index contributed by atoms with van der Waals surface area (Å²) in [4.78, 5) is 26.1. The number of nitrogens with one attached hydrogen (secondary N) is 2. The third kappa shape index (κ3) is 6.23. The van der Waals surface area contributed by atoms with Crippen molar-refractivity contribution in [2.24, 2.45) is 0 Å². The van der Waals surface area contributed by atoms with Crippen molar-refractivity contribution in [1.29, 1.82) is 0 Å². The Bertz CT molecular complexity index is 1030. The van der Waals surface area contributed by atoms with Crippen LogP contribution in [0.3, 0.4) is 0 Å². The van der Waals surface area contributed by atoms with E-state index in [1.165, 1.54) is 19.2 Å². The van der Waals surface area contributed by atoms with Crippen molar-refractivity contribution in [2.45, 2.75) is 12.8 Å². The summed E-state index contributed by atoms with van der Waals surface area (Å²) >= 11 is 0. The zero-order valence-electron chi connectivity index (χ0n) is 17.5. The summed E-state index contributed by atoms with van der Waals surface area (Å²) in [5, 5.41) is 10.0. The lowest BCUT2D eigenvalue weighted by Crippen LogP contribution is -2.31. The normalized spacial score (nSPS) is 10.8. The van der Waals surface area contributed by atoms with E-state index in [2.05, 4.69) is 15.5 Å². The fraction of sp³-hybridized carbons (Fsp3) is 0.261. The van der Waals surface area contributed by atoms with Crippen molar-refractivity contribution in [2.75, 3.05) is 32.6 Å². The number of esters is 1. The summed E-state index contributed by atoms with van der Waals surface area (Å²) in [5.41, 5.74) is 3.34. The second-order valence-corrected chi connectivity index (χ2v) is 7.21. The van der Waals surface area contributed by atoms with E-state index in [0.29, 0.717) is 17.8 Å². The third-order valence-electron chi connectivity index (χ3n) is 4.78. The zero-order valence-corrected chi connectivity index (χ0v) is 17.5. The molecule has 3 rings (SSSR count). The molecule has 3 aromatic rings. The Morgan fingerprint density at radius 2 is 1.90 bits per heavy atom. The van der Waals surface area contributed by atoms with Crippen molar-refractivity contribution in [1.82, 2.24) is 15.1 Å². The van der Waals surface area contributed by atoms with Gasteiger partial charge in [0.1, 0.15) is 5.82 Å². The zero-order chi connectivity index (χ0) is 22.2. The molecule has 162 valence electrons.